The molecule has 8 heteroatoms. The molecule has 0 radical (unpaired) electrons. The van der Waals surface area contributed by atoms with E-state index in [1.54, 1.807) is 21.0 Å². The van der Waals surface area contributed by atoms with Gasteiger partial charge in [0.25, 0.3) is 5.91 Å². The zero-order valence-corrected chi connectivity index (χ0v) is 15.5. The summed E-state index contributed by atoms with van der Waals surface area (Å²) in [5.74, 6) is -1.04. The number of anilines is 1. The third kappa shape index (κ3) is 3.82. The summed E-state index contributed by atoms with van der Waals surface area (Å²) < 4.78 is 4.79. The van der Waals surface area contributed by atoms with Crippen LogP contribution in [0.2, 0.25) is 0 Å². The maximum atomic E-state index is 12.3. The average Bonchev–Trinajstić information content (AvgIpc) is 3.14. The monoisotopic (exact) mass is 366 g/mol. The number of nitrogens with zero attached hydrogens (tertiary/aromatic N) is 1. The molecule has 2 aromatic heterocycles. The van der Waals surface area contributed by atoms with Crippen LogP contribution in [-0.4, -0.2) is 43.9 Å². The van der Waals surface area contributed by atoms with Crippen molar-refractivity contribution in [3.8, 4) is 0 Å². The second kappa shape index (κ2) is 7.59. The van der Waals surface area contributed by atoms with Crippen molar-refractivity contribution in [2.45, 2.75) is 13.3 Å². The molecule has 0 aliphatic carbocycles. The van der Waals surface area contributed by atoms with E-state index in [0.29, 0.717) is 15.4 Å². The van der Waals surface area contributed by atoms with E-state index in [1.807, 2.05) is 17.5 Å². The third-order valence-electron chi connectivity index (χ3n) is 3.30. The zero-order chi connectivity index (χ0) is 17.9. The van der Waals surface area contributed by atoms with Crippen molar-refractivity contribution in [2.75, 3.05) is 26.5 Å². The van der Waals surface area contributed by atoms with Crippen molar-refractivity contribution in [1.82, 2.24) is 4.90 Å². The maximum Gasteiger partial charge on any atom is 0.341 e. The molecule has 0 aliphatic rings. The lowest BCUT2D eigenvalue weighted by Crippen LogP contribution is -2.21. The molecule has 0 fully saturated rings. The smallest absolute Gasteiger partial charge is 0.341 e. The first-order valence-electron chi connectivity index (χ1n) is 7.10. The normalized spacial score (nSPS) is 10.3. The predicted octanol–water partition coefficient (Wildman–Crippen LogP) is 2.79. The van der Waals surface area contributed by atoms with Crippen LogP contribution in [0.25, 0.3) is 0 Å². The quantitative estimate of drug-likeness (QED) is 0.826. The van der Waals surface area contributed by atoms with E-state index >= 15 is 0 Å². The second-order valence-electron chi connectivity index (χ2n) is 5.26. The fourth-order valence-electron chi connectivity index (χ4n) is 2.10. The van der Waals surface area contributed by atoms with E-state index in [0.717, 1.165) is 16.2 Å². The fourth-order valence-corrected chi connectivity index (χ4v) is 4.03. The molecule has 2 amide bonds. The Morgan fingerprint density at radius 2 is 2.00 bits per heavy atom. The molecule has 0 spiro atoms. The molecule has 0 bridgehead atoms. The van der Waals surface area contributed by atoms with E-state index in [1.165, 1.54) is 23.3 Å². The van der Waals surface area contributed by atoms with Crippen molar-refractivity contribution >= 4 is 45.5 Å². The SMILES string of the molecule is COC(=O)c1c(NC(=O)Cc2cccs2)sc(C(=O)N(C)C)c1C. The summed E-state index contributed by atoms with van der Waals surface area (Å²) in [5, 5.41) is 4.97. The zero-order valence-electron chi connectivity index (χ0n) is 13.8. The number of amides is 2. The van der Waals surface area contributed by atoms with Crippen LogP contribution in [-0.2, 0) is 16.0 Å². The molecule has 6 nitrogen and oxygen atoms in total. The molecular weight excluding hydrogens is 348 g/mol. The van der Waals surface area contributed by atoms with Gasteiger partial charge in [0.2, 0.25) is 5.91 Å². The number of thiophene rings is 2. The lowest BCUT2D eigenvalue weighted by molar-refractivity contribution is -0.115. The number of hydrogen-bond donors (Lipinski definition) is 1. The number of carbonyl (C=O) groups is 3. The van der Waals surface area contributed by atoms with Gasteiger partial charge in [-0.3, -0.25) is 9.59 Å². The Labute approximate surface area is 148 Å². The van der Waals surface area contributed by atoms with E-state index in [2.05, 4.69) is 5.32 Å². The molecule has 128 valence electrons. The van der Waals surface area contributed by atoms with Crippen molar-refractivity contribution in [3.05, 3.63) is 38.4 Å². The number of nitrogens with one attached hydrogen (secondary N) is 1. The molecule has 2 aromatic rings. The summed E-state index contributed by atoms with van der Waals surface area (Å²) in [6.45, 7) is 1.68. The minimum absolute atomic E-state index is 0.214. The Balaban J connectivity index is 2.33. The standard InChI is InChI=1S/C16H18N2O4S2/c1-9-12(16(21)22-4)14(24-13(9)15(20)18(2)3)17-11(19)8-10-6-5-7-23-10/h5-7H,8H2,1-4H3,(H,17,19). The average molecular weight is 366 g/mol. The van der Waals surface area contributed by atoms with E-state index in [-0.39, 0.29) is 23.8 Å². The number of rotatable bonds is 5. The van der Waals surface area contributed by atoms with Crippen molar-refractivity contribution in [1.29, 1.82) is 0 Å². The number of methoxy groups -OCH3 is 1. The molecule has 0 aromatic carbocycles. The van der Waals surface area contributed by atoms with Gasteiger partial charge in [0.15, 0.2) is 0 Å². The predicted molar refractivity (Wildman–Crippen MR) is 95.1 cm³/mol. The molecule has 0 unspecified atom stereocenters. The molecule has 2 heterocycles. The Bertz CT molecular complexity index is 763. The number of carbonyl (C=O) groups excluding carboxylic acids is 3. The lowest BCUT2D eigenvalue weighted by Gasteiger charge is -2.08. The molecule has 0 saturated carbocycles. The summed E-state index contributed by atoms with van der Waals surface area (Å²) >= 11 is 2.57. The highest BCUT2D eigenvalue weighted by molar-refractivity contribution is 7.18. The second-order valence-corrected chi connectivity index (χ2v) is 7.31. The summed E-state index contributed by atoms with van der Waals surface area (Å²) in [4.78, 5) is 39.3. The van der Waals surface area contributed by atoms with Crippen LogP contribution in [0.15, 0.2) is 17.5 Å². The number of hydrogen-bond acceptors (Lipinski definition) is 6. The molecule has 2 rings (SSSR count). The van der Waals surface area contributed by atoms with Crippen LogP contribution < -0.4 is 5.32 Å². The molecule has 1 N–H and O–H groups in total. The minimum Gasteiger partial charge on any atom is -0.465 e. The Morgan fingerprint density at radius 1 is 1.29 bits per heavy atom. The molecular formula is C16H18N2O4S2. The fraction of sp³-hybridized carbons (Fsp3) is 0.312. The van der Waals surface area contributed by atoms with Crippen LogP contribution in [0, 0.1) is 6.92 Å². The first-order chi connectivity index (χ1) is 11.3. The van der Waals surface area contributed by atoms with E-state index in [4.69, 9.17) is 4.74 Å². The van der Waals surface area contributed by atoms with Gasteiger partial charge >= 0.3 is 5.97 Å². The highest BCUT2D eigenvalue weighted by atomic mass is 32.1. The molecule has 0 aliphatic heterocycles. The van der Waals surface area contributed by atoms with Gasteiger partial charge in [-0.1, -0.05) is 6.07 Å². The van der Waals surface area contributed by atoms with Crippen LogP contribution in [0.5, 0.6) is 0 Å². The largest absolute Gasteiger partial charge is 0.465 e. The first kappa shape index (κ1) is 18.2. The van der Waals surface area contributed by atoms with Gasteiger partial charge in [-0.15, -0.1) is 22.7 Å². The van der Waals surface area contributed by atoms with Gasteiger partial charge in [-0.2, -0.15) is 0 Å². The van der Waals surface area contributed by atoms with Crippen molar-refractivity contribution < 1.29 is 19.1 Å². The number of ether oxygens (including phenoxy) is 1. The number of esters is 1. The van der Waals surface area contributed by atoms with Gasteiger partial charge in [-0.05, 0) is 23.9 Å². The van der Waals surface area contributed by atoms with Crippen molar-refractivity contribution in [2.24, 2.45) is 0 Å². The topological polar surface area (TPSA) is 75.7 Å². The molecule has 0 atom stereocenters. The molecule has 0 saturated heterocycles. The highest BCUT2D eigenvalue weighted by Crippen LogP contribution is 2.34. The summed E-state index contributed by atoms with van der Waals surface area (Å²) in [6, 6.07) is 3.74. The van der Waals surface area contributed by atoms with Crippen LogP contribution in [0.3, 0.4) is 0 Å². The van der Waals surface area contributed by atoms with Crippen LogP contribution in [0.1, 0.15) is 30.5 Å². The van der Waals surface area contributed by atoms with Gasteiger partial charge in [0.05, 0.1) is 24.0 Å². The van der Waals surface area contributed by atoms with Crippen molar-refractivity contribution in [3.63, 3.8) is 0 Å². The maximum absolute atomic E-state index is 12.3. The summed E-state index contributed by atoms with van der Waals surface area (Å²) in [5.41, 5.74) is 0.740. The summed E-state index contributed by atoms with van der Waals surface area (Å²) in [7, 11) is 4.53. The first-order valence-corrected chi connectivity index (χ1v) is 8.80. The molecule has 24 heavy (non-hydrogen) atoms. The van der Waals surface area contributed by atoms with Gasteiger partial charge in [0.1, 0.15) is 5.00 Å². The van der Waals surface area contributed by atoms with Crippen LogP contribution >= 0.6 is 22.7 Å². The van der Waals surface area contributed by atoms with E-state index < -0.39 is 5.97 Å². The Morgan fingerprint density at radius 3 is 2.54 bits per heavy atom. The lowest BCUT2D eigenvalue weighted by atomic mass is 10.1. The van der Waals surface area contributed by atoms with Gasteiger partial charge < -0.3 is 15.0 Å². The third-order valence-corrected chi connectivity index (χ3v) is 5.38. The van der Waals surface area contributed by atoms with Crippen LogP contribution in [0.4, 0.5) is 5.00 Å². The van der Waals surface area contributed by atoms with Gasteiger partial charge in [-0.25, -0.2) is 4.79 Å². The Kier molecular flexibility index (Phi) is 5.74. The van der Waals surface area contributed by atoms with E-state index in [9.17, 15) is 14.4 Å². The Hall–Kier alpha value is -2.19. The minimum atomic E-state index is -0.576. The van der Waals surface area contributed by atoms with Gasteiger partial charge in [0, 0.05) is 19.0 Å². The highest BCUT2D eigenvalue weighted by Gasteiger charge is 2.27. The summed E-state index contributed by atoms with van der Waals surface area (Å²) in [6.07, 6.45) is 0.214.